The average molecular weight is 232 g/mol. The molecule has 2 unspecified atom stereocenters. The van der Waals surface area contributed by atoms with Crippen LogP contribution in [-0.4, -0.2) is 5.78 Å². The highest BCUT2D eigenvalue weighted by molar-refractivity contribution is 6.00. The van der Waals surface area contributed by atoms with Crippen LogP contribution in [0.25, 0.3) is 0 Å². The Kier molecular flexibility index (Phi) is 4.92. The SMILES string of the molecule is CCC(C)C(=O)C1=C(C)C=C(C)C(C)CC=C1. The van der Waals surface area contributed by atoms with Gasteiger partial charge in [-0.25, -0.2) is 0 Å². The van der Waals surface area contributed by atoms with E-state index in [2.05, 4.69) is 32.9 Å². The van der Waals surface area contributed by atoms with E-state index in [1.807, 2.05) is 19.9 Å². The molecule has 1 heteroatoms. The number of carbonyl (C=O) groups is 1. The first kappa shape index (κ1) is 14.0. The van der Waals surface area contributed by atoms with Crippen molar-refractivity contribution in [2.45, 2.75) is 47.5 Å². The summed E-state index contributed by atoms with van der Waals surface area (Å²) in [5.41, 5.74) is 3.36. The van der Waals surface area contributed by atoms with Crippen LogP contribution in [0.2, 0.25) is 0 Å². The van der Waals surface area contributed by atoms with Gasteiger partial charge in [-0.2, -0.15) is 0 Å². The molecular weight excluding hydrogens is 208 g/mol. The van der Waals surface area contributed by atoms with Crippen LogP contribution in [0.15, 0.2) is 34.9 Å². The molecule has 0 aliphatic heterocycles. The summed E-state index contributed by atoms with van der Waals surface area (Å²) in [5, 5.41) is 0. The number of hydrogen-bond donors (Lipinski definition) is 0. The Bertz CT molecular complexity index is 382. The van der Waals surface area contributed by atoms with Crippen LogP contribution in [-0.2, 0) is 4.79 Å². The Labute approximate surface area is 105 Å². The number of rotatable bonds is 3. The lowest BCUT2D eigenvalue weighted by atomic mass is 9.88. The first-order valence-corrected chi connectivity index (χ1v) is 6.57. The Hall–Kier alpha value is -1.11. The van der Waals surface area contributed by atoms with E-state index in [1.165, 1.54) is 5.57 Å². The minimum absolute atomic E-state index is 0.121. The van der Waals surface area contributed by atoms with E-state index in [9.17, 15) is 4.79 Å². The van der Waals surface area contributed by atoms with Gasteiger partial charge in [-0.15, -0.1) is 0 Å². The molecule has 0 fully saturated rings. The fraction of sp³-hybridized carbons (Fsp3) is 0.562. The molecule has 0 N–H and O–H groups in total. The van der Waals surface area contributed by atoms with Crippen molar-refractivity contribution >= 4 is 5.78 Å². The van der Waals surface area contributed by atoms with E-state index in [-0.39, 0.29) is 11.7 Å². The van der Waals surface area contributed by atoms with Crippen LogP contribution >= 0.6 is 0 Å². The Balaban J connectivity index is 3.12. The molecule has 17 heavy (non-hydrogen) atoms. The quantitative estimate of drug-likeness (QED) is 0.702. The molecule has 1 nitrogen and oxygen atoms in total. The van der Waals surface area contributed by atoms with Crippen molar-refractivity contribution in [2.24, 2.45) is 11.8 Å². The minimum atomic E-state index is 0.121. The fourth-order valence-corrected chi connectivity index (χ4v) is 2.00. The minimum Gasteiger partial charge on any atom is -0.294 e. The largest absolute Gasteiger partial charge is 0.294 e. The standard InChI is InChI=1S/C16H24O/c1-6-11(2)16(17)15-9-7-8-12(3)13(4)10-14(15)5/h7,9-12H,6,8H2,1-5H3. The second kappa shape index (κ2) is 6.00. The van der Waals surface area contributed by atoms with Gasteiger partial charge in [0.05, 0.1) is 0 Å². The van der Waals surface area contributed by atoms with E-state index in [4.69, 9.17) is 0 Å². The normalized spacial score (nSPS) is 22.9. The molecule has 0 heterocycles. The van der Waals surface area contributed by atoms with Crippen molar-refractivity contribution in [2.75, 3.05) is 0 Å². The van der Waals surface area contributed by atoms with E-state index in [0.717, 1.165) is 24.0 Å². The van der Waals surface area contributed by atoms with Crippen LogP contribution in [0.5, 0.6) is 0 Å². The van der Waals surface area contributed by atoms with Crippen LogP contribution in [0.3, 0.4) is 0 Å². The number of allylic oxidation sites excluding steroid dienone is 6. The van der Waals surface area contributed by atoms with Gasteiger partial charge in [0.2, 0.25) is 0 Å². The second-order valence-corrected chi connectivity index (χ2v) is 5.20. The molecule has 0 aromatic carbocycles. The maximum absolute atomic E-state index is 12.3. The smallest absolute Gasteiger partial charge is 0.165 e. The maximum Gasteiger partial charge on any atom is 0.165 e. The van der Waals surface area contributed by atoms with Crippen molar-refractivity contribution in [3.8, 4) is 0 Å². The molecular formula is C16H24O. The molecule has 2 atom stereocenters. The molecule has 0 aromatic heterocycles. The van der Waals surface area contributed by atoms with Crippen LogP contribution in [0.4, 0.5) is 0 Å². The Morgan fingerprint density at radius 2 is 2.12 bits per heavy atom. The molecule has 0 aromatic rings. The van der Waals surface area contributed by atoms with Crippen molar-refractivity contribution in [3.05, 3.63) is 34.9 Å². The van der Waals surface area contributed by atoms with E-state index in [1.54, 1.807) is 0 Å². The average Bonchev–Trinajstić information content (AvgIpc) is 2.30. The molecule has 0 radical (unpaired) electrons. The van der Waals surface area contributed by atoms with Crippen molar-refractivity contribution in [1.29, 1.82) is 0 Å². The van der Waals surface area contributed by atoms with Crippen LogP contribution in [0.1, 0.15) is 47.5 Å². The fourth-order valence-electron chi connectivity index (χ4n) is 2.00. The molecule has 1 rings (SSSR count). The molecule has 0 saturated heterocycles. The van der Waals surface area contributed by atoms with Gasteiger partial charge < -0.3 is 0 Å². The number of hydrogen-bond acceptors (Lipinski definition) is 1. The summed E-state index contributed by atoms with van der Waals surface area (Å²) in [6, 6.07) is 0. The molecule has 94 valence electrons. The monoisotopic (exact) mass is 232 g/mol. The van der Waals surface area contributed by atoms with E-state index < -0.39 is 0 Å². The first-order valence-electron chi connectivity index (χ1n) is 6.57. The third-order valence-electron chi connectivity index (χ3n) is 3.75. The third kappa shape index (κ3) is 3.42. The molecule has 0 amide bonds. The van der Waals surface area contributed by atoms with Gasteiger partial charge in [0, 0.05) is 11.5 Å². The van der Waals surface area contributed by atoms with Crippen molar-refractivity contribution in [3.63, 3.8) is 0 Å². The predicted octanol–water partition coefficient (Wildman–Crippen LogP) is 4.46. The van der Waals surface area contributed by atoms with Crippen LogP contribution < -0.4 is 0 Å². The maximum atomic E-state index is 12.3. The van der Waals surface area contributed by atoms with Gasteiger partial charge in [-0.05, 0) is 38.2 Å². The summed E-state index contributed by atoms with van der Waals surface area (Å²) in [5.74, 6) is 0.969. The van der Waals surface area contributed by atoms with Crippen LogP contribution in [0, 0.1) is 11.8 Å². The summed E-state index contributed by atoms with van der Waals surface area (Å²) in [7, 11) is 0. The summed E-state index contributed by atoms with van der Waals surface area (Å²) in [4.78, 5) is 12.3. The van der Waals surface area contributed by atoms with Gasteiger partial charge in [0.25, 0.3) is 0 Å². The molecule has 0 bridgehead atoms. The second-order valence-electron chi connectivity index (χ2n) is 5.20. The van der Waals surface area contributed by atoms with Gasteiger partial charge in [-0.1, -0.05) is 44.6 Å². The van der Waals surface area contributed by atoms with Crippen molar-refractivity contribution in [1.82, 2.24) is 0 Å². The highest BCUT2D eigenvalue weighted by Crippen LogP contribution is 2.24. The number of Topliss-reactive ketones (excluding diaryl/α,β-unsaturated/α-hetero) is 1. The summed E-state index contributed by atoms with van der Waals surface area (Å²) in [6.07, 6.45) is 8.25. The molecule has 1 aliphatic rings. The lowest BCUT2D eigenvalue weighted by Crippen LogP contribution is -2.13. The topological polar surface area (TPSA) is 17.1 Å². The van der Waals surface area contributed by atoms with Gasteiger partial charge in [0.15, 0.2) is 5.78 Å². The highest BCUT2D eigenvalue weighted by Gasteiger charge is 2.17. The Morgan fingerprint density at radius 3 is 2.71 bits per heavy atom. The first-order chi connectivity index (χ1) is 7.97. The lowest BCUT2D eigenvalue weighted by Gasteiger charge is -2.16. The zero-order chi connectivity index (χ0) is 13.0. The highest BCUT2D eigenvalue weighted by atomic mass is 16.1. The zero-order valence-electron chi connectivity index (χ0n) is 11.7. The Morgan fingerprint density at radius 1 is 1.47 bits per heavy atom. The predicted molar refractivity (Wildman–Crippen MR) is 73.8 cm³/mol. The molecule has 0 saturated carbocycles. The van der Waals surface area contributed by atoms with Gasteiger partial charge >= 0.3 is 0 Å². The van der Waals surface area contributed by atoms with Gasteiger partial charge in [0.1, 0.15) is 0 Å². The number of carbonyl (C=O) groups excluding carboxylic acids is 1. The molecule has 0 spiro atoms. The zero-order valence-corrected chi connectivity index (χ0v) is 11.7. The third-order valence-corrected chi connectivity index (χ3v) is 3.75. The van der Waals surface area contributed by atoms with E-state index >= 15 is 0 Å². The van der Waals surface area contributed by atoms with E-state index in [0.29, 0.717) is 5.92 Å². The van der Waals surface area contributed by atoms with Crippen molar-refractivity contribution < 1.29 is 4.79 Å². The van der Waals surface area contributed by atoms with Gasteiger partial charge in [-0.3, -0.25) is 4.79 Å². The number of ketones is 1. The lowest BCUT2D eigenvalue weighted by molar-refractivity contribution is -0.118. The molecule has 1 aliphatic carbocycles. The summed E-state index contributed by atoms with van der Waals surface area (Å²) < 4.78 is 0. The summed E-state index contributed by atoms with van der Waals surface area (Å²) in [6.45, 7) is 10.5. The summed E-state index contributed by atoms with van der Waals surface area (Å²) >= 11 is 0.